The second-order valence-corrected chi connectivity index (χ2v) is 6.08. The second kappa shape index (κ2) is 7.85. The predicted molar refractivity (Wildman–Crippen MR) is 95.1 cm³/mol. The highest BCUT2D eigenvalue weighted by molar-refractivity contribution is 7.99. The van der Waals surface area contributed by atoms with E-state index in [1.807, 2.05) is 60.7 Å². The van der Waals surface area contributed by atoms with E-state index in [1.54, 1.807) is 11.8 Å². The van der Waals surface area contributed by atoms with Gasteiger partial charge in [0.1, 0.15) is 11.4 Å². The molecule has 0 radical (unpaired) electrons. The topological polar surface area (TPSA) is 64.7 Å². The van der Waals surface area contributed by atoms with Crippen molar-refractivity contribution >= 4 is 11.8 Å². The van der Waals surface area contributed by atoms with Gasteiger partial charge >= 0.3 is 0 Å². The largest absolute Gasteiger partial charge is 0.330 e. The summed E-state index contributed by atoms with van der Waals surface area (Å²) in [5.41, 5.74) is 9.27. The van der Waals surface area contributed by atoms with Crippen LogP contribution in [0.4, 0.5) is 0 Å². The fourth-order valence-corrected chi connectivity index (χ4v) is 2.95. The minimum absolute atomic E-state index is 0.675. The number of nitrogens with zero attached hydrogens (tertiary/aromatic N) is 3. The van der Waals surface area contributed by atoms with Gasteiger partial charge in [-0.3, -0.25) is 0 Å². The smallest absolute Gasteiger partial charge is 0.209 e. The maximum absolute atomic E-state index is 5.54. The van der Waals surface area contributed by atoms with Crippen molar-refractivity contribution in [2.24, 2.45) is 5.73 Å². The molecule has 2 N–H and O–H groups in total. The molecule has 0 saturated carbocycles. The molecule has 116 valence electrons. The number of hydrogen-bond donors (Lipinski definition) is 1. The highest BCUT2D eigenvalue weighted by Crippen LogP contribution is 2.29. The van der Waals surface area contributed by atoms with E-state index in [4.69, 9.17) is 10.7 Å². The van der Waals surface area contributed by atoms with Gasteiger partial charge in [0.2, 0.25) is 5.16 Å². The molecule has 0 unspecified atom stereocenters. The van der Waals surface area contributed by atoms with Crippen molar-refractivity contribution in [2.45, 2.75) is 11.6 Å². The fraction of sp³-hybridized carbons (Fsp3) is 0.167. The molecule has 0 bridgehead atoms. The summed E-state index contributed by atoms with van der Waals surface area (Å²) in [7, 11) is 0. The van der Waals surface area contributed by atoms with Crippen molar-refractivity contribution in [3.63, 3.8) is 0 Å². The Hall–Kier alpha value is -2.24. The van der Waals surface area contributed by atoms with Gasteiger partial charge in [-0.15, -0.1) is 10.2 Å². The third kappa shape index (κ3) is 3.94. The minimum atomic E-state index is 0.675. The normalized spacial score (nSPS) is 10.7. The zero-order valence-corrected chi connectivity index (χ0v) is 13.5. The Morgan fingerprint density at radius 2 is 1.39 bits per heavy atom. The average Bonchev–Trinajstić information content (AvgIpc) is 2.63. The van der Waals surface area contributed by atoms with Crippen molar-refractivity contribution in [3.8, 4) is 22.5 Å². The van der Waals surface area contributed by atoms with Crippen LogP contribution < -0.4 is 5.73 Å². The number of nitrogens with two attached hydrogens (primary N) is 1. The van der Waals surface area contributed by atoms with Gasteiger partial charge in [0, 0.05) is 16.9 Å². The number of thioether (sulfide) groups is 1. The lowest BCUT2D eigenvalue weighted by Gasteiger charge is -2.09. The van der Waals surface area contributed by atoms with Crippen LogP contribution in [-0.4, -0.2) is 27.5 Å². The van der Waals surface area contributed by atoms with E-state index < -0.39 is 0 Å². The third-order valence-electron chi connectivity index (χ3n) is 3.34. The van der Waals surface area contributed by atoms with Crippen LogP contribution in [0, 0.1) is 0 Å². The molecule has 3 aromatic rings. The molecule has 0 aliphatic heterocycles. The Morgan fingerprint density at radius 3 is 2.00 bits per heavy atom. The number of aromatic nitrogens is 3. The first kappa shape index (κ1) is 15.6. The van der Waals surface area contributed by atoms with Gasteiger partial charge in [-0.05, 0) is 13.0 Å². The lowest BCUT2D eigenvalue weighted by molar-refractivity contribution is 0.846. The monoisotopic (exact) mass is 322 g/mol. The van der Waals surface area contributed by atoms with Crippen molar-refractivity contribution in [1.29, 1.82) is 0 Å². The molecular weight excluding hydrogens is 304 g/mol. The summed E-state index contributed by atoms with van der Waals surface area (Å²) in [5.74, 6) is 0.900. The first-order valence-corrected chi connectivity index (χ1v) is 8.55. The van der Waals surface area contributed by atoms with E-state index in [0.717, 1.165) is 34.7 Å². The van der Waals surface area contributed by atoms with Gasteiger partial charge in [-0.1, -0.05) is 72.4 Å². The van der Waals surface area contributed by atoms with Crippen LogP contribution in [0.15, 0.2) is 65.8 Å². The molecule has 0 aliphatic carbocycles. The first-order chi connectivity index (χ1) is 11.4. The van der Waals surface area contributed by atoms with E-state index in [-0.39, 0.29) is 0 Å². The van der Waals surface area contributed by atoms with Gasteiger partial charge in [0.05, 0.1) is 0 Å². The van der Waals surface area contributed by atoms with Gasteiger partial charge in [0.25, 0.3) is 0 Å². The van der Waals surface area contributed by atoms with Crippen LogP contribution in [0.2, 0.25) is 0 Å². The fourth-order valence-electron chi connectivity index (χ4n) is 2.21. The molecule has 1 aromatic heterocycles. The Bertz CT molecular complexity index is 747. The van der Waals surface area contributed by atoms with Gasteiger partial charge < -0.3 is 5.73 Å². The van der Waals surface area contributed by atoms with Crippen LogP contribution in [0.1, 0.15) is 6.42 Å². The predicted octanol–water partition coefficient (Wildman–Crippen LogP) is 3.65. The molecule has 0 aliphatic rings. The standard InChI is InChI=1S/C18H18N4S/c19-12-7-13-23-18-20-16(14-8-3-1-4-9-14)17(21-22-18)15-10-5-2-6-11-15/h1-6,8-11H,7,12-13,19H2. The minimum Gasteiger partial charge on any atom is -0.330 e. The molecule has 0 fully saturated rings. The highest BCUT2D eigenvalue weighted by atomic mass is 32.2. The summed E-state index contributed by atoms with van der Waals surface area (Å²) in [4.78, 5) is 4.74. The number of rotatable bonds is 6. The van der Waals surface area contributed by atoms with Crippen LogP contribution in [0.3, 0.4) is 0 Å². The van der Waals surface area contributed by atoms with Gasteiger partial charge in [-0.25, -0.2) is 4.98 Å². The zero-order valence-electron chi connectivity index (χ0n) is 12.7. The Kier molecular flexibility index (Phi) is 5.34. The van der Waals surface area contributed by atoms with E-state index in [0.29, 0.717) is 11.7 Å². The van der Waals surface area contributed by atoms with Crippen LogP contribution in [0.25, 0.3) is 22.5 Å². The maximum atomic E-state index is 5.54. The molecule has 0 atom stereocenters. The van der Waals surface area contributed by atoms with E-state index in [2.05, 4.69) is 10.2 Å². The zero-order chi connectivity index (χ0) is 15.9. The van der Waals surface area contributed by atoms with Crippen molar-refractivity contribution in [3.05, 3.63) is 60.7 Å². The Morgan fingerprint density at radius 1 is 0.783 bits per heavy atom. The van der Waals surface area contributed by atoms with Crippen molar-refractivity contribution < 1.29 is 0 Å². The summed E-state index contributed by atoms with van der Waals surface area (Å²) >= 11 is 1.59. The molecule has 0 spiro atoms. The highest BCUT2D eigenvalue weighted by Gasteiger charge is 2.13. The maximum Gasteiger partial charge on any atom is 0.209 e. The lowest BCUT2D eigenvalue weighted by atomic mass is 10.0. The molecule has 4 nitrogen and oxygen atoms in total. The molecule has 0 amide bonds. The van der Waals surface area contributed by atoms with Crippen LogP contribution >= 0.6 is 11.8 Å². The molecule has 1 heterocycles. The molecular formula is C18H18N4S. The molecule has 23 heavy (non-hydrogen) atoms. The van der Waals surface area contributed by atoms with Crippen LogP contribution in [0.5, 0.6) is 0 Å². The van der Waals surface area contributed by atoms with Gasteiger partial charge in [0.15, 0.2) is 0 Å². The lowest BCUT2D eigenvalue weighted by Crippen LogP contribution is -2.02. The molecule has 5 heteroatoms. The molecule has 2 aromatic carbocycles. The SMILES string of the molecule is NCCCSc1nnc(-c2ccccc2)c(-c2ccccc2)n1. The summed E-state index contributed by atoms with van der Waals surface area (Å²) in [6.45, 7) is 0.675. The van der Waals surface area contributed by atoms with Gasteiger partial charge in [-0.2, -0.15) is 0 Å². The summed E-state index contributed by atoms with van der Waals surface area (Å²) in [6, 6.07) is 20.1. The second-order valence-electron chi connectivity index (χ2n) is 5.01. The Balaban J connectivity index is 2.02. The summed E-state index contributed by atoms with van der Waals surface area (Å²) < 4.78 is 0. The number of hydrogen-bond acceptors (Lipinski definition) is 5. The Labute approximate surface area is 140 Å². The average molecular weight is 322 g/mol. The first-order valence-electron chi connectivity index (χ1n) is 7.57. The van der Waals surface area contributed by atoms with E-state index >= 15 is 0 Å². The summed E-state index contributed by atoms with van der Waals surface area (Å²) in [5, 5.41) is 9.41. The van der Waals surface area contributed by atoms with Crippen LogP contribution in [-0.2, 0) is 0 Å². The number of benzene rings is 2. The quantitative estimate of drug-likeness (QED) is 0.554. The third-order valence-corrected chi connectivity index (χ3v) is 4.27. The van der Waals surface area contributed by atoms with Crippen molar-refractivity contribution in [1.82, 2.24) is 15.2 Å². The summed E-state index contributed by atoms with van der Waals surface area (Å²) in [6.07, 6.45) is 0.940. The van der Waals surface area contributed by atoms with E-state index in [1.165, 1.54) is 0 Å². The molecule has 0 saturated heterocycles. The molecule has 3 rings (SSSR count). The van der Waals surface area contributed by atoms with Crippen molar-refractivity contribution in [2.75, 3.05) is 12.3 Å². The van der Waals surface area contributed by atoms with E-state index in [9.17, 15) is 0 Å².